The molecule has 6 heteroatoms. The Kier molecular flexibility index (Phi) is 9.14. The predicted molar refractivity (Wildman–Crippen MR) is 85.4 cm³/mol. The fraction of sp³-hybridized carbons (Fsp3) is 0.571. The molecule has 1 saturated heterocycles. The van der Waals surface area contributed by atoms with Crippen LogP contribution >= 0.6 is 24.8 Å². The van der Waals surface area contributed by atoms with Gasteiger partial charge in [0.15, 0.2) is 0 Å². The van der Waals surface area contributed by atoms with Crippen LogP contribution in [0.15, 0.2) is 18.2 Å². The average Bonchev–Trinajstić information content (AvgIpc) is 2.41. The van der Waals surface area contributed by atoms with Crippen LogP contribution in [-0.2, 0) is 0 Å². The largest absolute Gasteiger partial charge is 0.496 e. The first-order valence-electron chi connectivity index (χ1n) is 6.41. The maximum atomic E-state index is 13.3. The minimum Gasteiger partial charge on any atom is -0.496 e. The van der Waals surface area contributed by atoms with E-state index in [4.69, 9.17) is 4.74 Å². The predicted octanol–water partition coefficient (Wildman–Crippen LogP) is 2.76. The van der Waals surface area contributed by atoms with Gasteiger partial charge in [0.25, 0.3) is 0 Å². The highest BCUT2D eigenvalue weighted by Gasteiger charge is 2.22. The normalized spacial score (nSPS) is 16.8. The SMILES string of the molecule is COc1ccc([C@@H](CF)N2CCNCC2)cc1C.Cl.Cl. The van der Waals surface area contributed by atoms with Gasteiger partial charge in [0, 0.05) is 26.2 Å². The number of aryl methyl sites for hydroxylation is 1. The van der Waals surface area contributed by atoms with Crippen molar-refractivity contribution in [1.29, 1.82) is 0 Å². The summed E-state index contributed by atoms with van der Waals surface area (Å²) in [7, 11) is 1.66. The van der Waals surface area contributed by atoms with Crippen molar-refractivity contribution in [2.24, 2.45) is 0 Å². The molecular weight excluding hydrogens is 302 g/mol. The molecule has 0 bridgehead atoms. The number of hydrogen-bond acceptors (Lipinski definition) is 3. The van der Waals surface area contributed by atoms with Crippen LogP contribution in [0.25, 0.3) is 0 Å². The fourth-order valence-corrected chi connectivity index (χ4v) is 2.50. The molecule has 0 unspecified atom stereocenters. The number of hydrogen-bond donors (Lipinski definition) is 1. The lowest BCUT2D eigenvalue weighted by molar-refractivity contribution is 0.147. The van der Waals surface area contributed by atoms with Crippen molar-refractivity contribution in [3.8, 4) is 5.75 Å². The average molecular weight is 325 g/mol. The standard InChI is InChI=1S/C14H21FN2O.2ClH/c1-11-9-12(3-4-14(11)18-2)13(10-15)17-7-5-16-6-8-17;;/h3-4,9,13,16H,5-8,10H2,1-2H3;2*1H/t13-;;/m1../s1. The summed E-state index contributed by atoms with van der Waals surface area (Å²) in [6.07, 6.45) is 0. The summed E-state index contributed by atoms with van der Waals surface area (Å²) >= 11 is 0. The van der Waals surface area contributed by atoms with Crippen molar-refractivity contribution in [3.05, 3.63) is 29.3 Å². The van der Waals surface area contributed by atoms with E-state index in [1.54, 1.807) is 7.11 Å². The number of alkyl halides is 1. The fourth-order valence-electron chi connectivity index (χ4n) is 2.50. The van der Waals surface area contributed by atoms with Gasteiger partial charge in [-0.05, 0) is 24.1 Å². The zero-order valence-corrected chi connectivity index (χ0v) is 13.5. The maximum absolute atomic E-state index is 13.3. The van der Waals surface area contributed by atoms with Crippen LogP contribution in [0.4, 0.5) is 4.39 Å². The smallest absolute Gasteiger partial charge is 0.121 e. The van der Waals surface area contributed by atoms with Crippen molar-refractivity contribution in [2.75, 3.05) is 40.0 Å². The van der Waals surface area contributed by atoms with Crippen LogP contribution in [0.5, 0.6) is 5.75 Å². The minimum absolute atomic E-state index is 0. The van der Waals surface area contributed by atoms with Gasteiger partial charge in [-0.3, -0.25) is 4.90 Å². The molecule has 1 fully saturated rings. The van der Waals surface area contributed by atoms with Crippen LogP contribution in [0.1, 0.15) is 17.2 Å². The van der Waals surface area contributed by atoms with E-state index < -0.39 is 0 Å². The first kappa shape index (κ1) is 19.4. The third-order valence-electron chi connectivity index (χ3n) is 3.54. The second-order valence-corrected chi connectivity index (χ2v) is 4.69. The third kappa shape index (κ3) is 4.48. The number of benzene rings is 1. The van der Waals surface area contributed by atoms with Gasteiger partial charge in [-0.1, -0.05) is 12.1 Å². The summed E-state index contributed by atoms with van der Waals surface area (Å²) < 4.78 is 18.6. The molecule has 1 aliphatic rings. The van der Waals surface area contributed by atoms with Gasteiger partial charge in [0.1, 0.15) is 12.4 Å². The highest BCUT2D eigenvalue weighted by atomic mass is 35.5. The van der Waals surface area contributed by atoms with Gasteiger partial charge in [-0.2, -0.15) is 0 Å². The van der Waals surface area contributed by atoms with Gasteiger partial charge >= 0.3 is 0 Å². The molecule has 0 aromatic heterocycles. The molecule has 1 atom stereocenters. The van der Waals surface area contributed by atoms with Crippen LogP contribution < -0.4 is 10.1 Å². The molecule has 1 N–H and O–H groups in total. The molecule has 1 aromatic carbocycles. The Balaban J connectivity index is 0.00000180. The molecule has 0 aliphatic carbocycles. The van der Waals surface area contributed by atoms with E-state index in [2.05, 4.69) is 10.2 Å². The number of methoxy groups -OCH3 is 1. The van der Waals surface area contributed by atoms with E-state index in [9.17, 15) is 4.39 Å². The van der Waals surface area contributed by atoms with E-state index >= 15 is 0 Å². The lowest BCUT2D eigenvalue weighted by atomic mass is 10.0. The quantitative estimate of drug-likeness (QED) is 0.921. The molecule has 0 radical (unpaired) electrons. The van der Waals surface area contributed by atoms with Crippen LogP contribution in [0, 0.1) is 6.92 Å². The van der Waals surface area contributed by atoms with Gasteiger partial charge in [0.2, 0.25) is 0 Å². The number of halogens is 3. The number of nitrogens with one attached hydrogen (secondary N) is 1. The van der Waals surface area contributed by atoms with E-state index in [0.29, 0.717) is 0 Å². The van der Waals surface area contributed by atoms with E-state index in [1.807, 2.05) is 25.1 Å². The van der Waals surface area contributed by atoms with Gasteiger partial charge < -0.3 is 10.1 Å². The summed E-state index contributed by atoms with van der Waals surface area (Å²) in [6.45, 7) is 5.33. The second-order valence-electron chi connectivity index (χ2n) is 4.69. The van der Waals surface area contributed by atoms with E-state index in [0.717, 1.165) is 43.1 Å². The zero-order chi connectivity index (χ0) is 13.0. The summed E-state index contributed by atoms with van der Waals surface area (Å²) in [6, 6.07) is 5.80. The Labute approximate surface area is 132 Å². The van der Waals surface area contributed by atoms with Crippen LogP contribution in [-0.4, -0.2) is 44.9 Å². The van der Waals surface area contributed by atoms with Gasteiger partial charge in [0.05, 0.1) is 13.2 Å². The number of piperazine rings is 1. The summed E-state index contributed by atoms with van der Waals surface area (Å²) in [5.74, 6) is 0.858. The molecule has 0 saturated carbocycles. The van der Waals surface area contributed by atoms with Crippen molar-refractivity contribution in [2.45, 2.75) is 13.0 Å². The molecule has 0 spiro atoms. The monoisotopic (exact) mass is 324 g/mol. The Bertz CT molecular complexity index is 401. The molecule has 116 valence electrons. The Morgan fingerprint density at radius 1 is 1.30 bits per heavy atom. The summed E-state index contributed by atoms with van der Waals surface area (Å²) in [4.78, 5) is 2.21. The lowest BCUT2D eigenvalue weighted by Gasteiger charge is -2.33. The molecule has 20 heavy (non-hydrogen) atoms. The minimum atomic E-state index is -0.341. The zero-order valence-electron chi connectivity index (χ0n) is 11.9. The second kappa shape index (κ2) is 9.40. The molecule has 1 aromatic rings. The third-order valence-corrected chi connectivity index (χ3v) is 3.54. The Morgan fingerprint density at radius 2 is 1.95 bits per heavy atom. The van der Waals surface area contributed by atoms with Crippen molar-refractivity contribution >= 4 is 24.8 Å². The van der Waals surface area contributed by atoms with Crippen LogP contribution in [0.3, 0.4) is 0 Å². The molecule has 0 amide bonds. The van der Waals surface area contributed by atoms with Crippen molar-refractivity contribution in [1.82, 2.24) is 10.2 Å². The summed E-state index contributed by atoms with van der Waals surface area (Å²) in [5.41, 5.74) is 2.10. The highest BCUT2D eigenvalue weighted by molar-refractivity contribution is 5.85. The number of rotatable bonds is 4. The number of nitrogens with zero attached hydrogens (tertiary/aromatic N) is 1. The Hall–Kier alpha value is -0.550. The number of ether oxygens (including phenoxy) is 1. The van der Waals surface area contributed by atoms with Crippen molar-refractivity contribution < 1.29 is 9.13 Å². The van der Waals surface area contributed by atoms with E-state index in [-0.39, 0.29) is 37.5 Å². The van der Waals surface area contributed by atoms with Gasteiger partial charge in [-0.25, -0.2) is 4.39 Å². The van der Waals surface area contributed by atoms with Crippen LogP contribution in [0.2, 0.25) is 0 Å². The highest BCUT2D eigenvalue weighted by Crippen LogP contribution is 2.26. The maximum Gasteiger partial charge on any atom is 0.121 e. The molecular formula is C14H23Cl2FN2O. The first-order valence-corrected chi connectivity index (χ1v) is 6.41. The summed E-state index contributed by atoms with van der Waals surface area (Å²) in [5, 5.41) is 3.29. The van der Waals surface area contributed by atoms with Crippen molar-refractivity contribution in [3.63, 3.8) is 0 Å². The topological polar surface area (TPSA) is 24.5 Å². The van der Waals surface area contributed by atoms with E-state index in [1.165, 1.54) is 0 Å². The van der Waals surface area contributed by atoms with Gasteiger partial charge in [-0.15, -0.1) is 24.8 Å². The first-order chi connectivity index (χ1) is 8.76. The Morgan fingerprint density at radius 3 is 2.45 bits per heavy atom. The molecule has 3 nitrogen and oxygen atoms in total. The molecule has 2 rings (SSSR count). The lowest BCUT2D eigenvalue weighted by Crippen LogP contribution is -2.45. The molecule has 1 heterocycles. The molecule has 1 aliphatic heterocycles.